The average molecular weight is 232 g/mol. The smallest absolute Gasteiger partial charge is 0.0359 e. The normalized spacial score (nSPS) is 30.7. The molecule has 1 saturated heterocycles. The molecule has 3 atom stereocenters. The predicted octanol–water partition coefficient (Wildman–Crippen LogP) is 0.683. The number of hydrogen-bond acceptors (Lipinski definition) is 3. The summed E-state index contributed by atoms with van der Waals surface area (Å²) in [5.41, 5.74) is 0. The number of hydrogen-bond donors (Lipinski definition) is 1. The highest BCUT2D eigenvalue weighted by atomic mass is 32.2. The van der Waals surface area contributed by atoms with E-state index in [-0.39, 0.29) is 0 Å². The van der Waals surface area contributed by atoms with E-state index >= 15 is 0 Å². The number of nitrogens with zero attached hydrogens (tertiary/aromatic N) is 1. The van der Waals surface area contributed by atoms with Gasteiger partial charge in [-0.1, -0.05) is 13.8 Å². The lowest BCUT2D eigenvalue weighted by atomic mass is 9.99. The summed E-state index contributed by atoms with van der Waals surface area (Å²) in [5, 5.41) is 3.51. The van der Waals surface area contributed by atoms with Crippen LogP contribution in [0.3, 0.4) is 0 Å². The molecule has 0 aromatic rings. The Bertz CT molecular complexity index is 221. The molecule has 4 heteroatoms. The Morgan fingerprint density at radius 2 is 2.20 bits per heavy atom. The van der Waals surface area contributed by atoms with E-state index < -0.39 is 10.8 Å². The molecule has 1 aliphatic rings. The summed E-state index contributed by atoms with van der Waals surface area (Å²) >= 11 is 0. The monoisotopic (exact) mass is 232 g/mol. The summed E-state index contributed by atoms with van der Waals surface area (Å²) < 4.78 is 11.1. The van der Waals surface area contributed by atoms with Gasteiger partial charge >= 0.3 is 0 Å². The van der Waals surface area contributed by atoms with Crippen LogP contribution in [0.25, 0.3) is 0 Å². The van der Waals surface area contributed by atoms with Crippen LogP contribution in [0.15, 0.2) is 0 Å². The van der Waals surface area contributed by atoms with Crippen LogP contribution in [0.2, 0.25) is 0 Å². The van der Waals surface area contributed by atoms with E-state index in [1.165, 1.54) is 0 Å². The maximum atomic E-state index is 11.1. The first kappa shape index (κ1) is 13.1. The fourth-order valence-electron chi connectivity index (χ4n) is 2.16. The first-order valence-corrected chi connectivity index (χ1v) is 7.51. The quantitative estimate of drug-likeness (QED) is 0.774. The molecule has 1 heterocycles. The topological polar surface area (TPSA) is 32.3 Å². The number of rotatable bonds is 4. The fourth-order valence-corrected chi connectivity index (χ4v) is 2.65. The van der Waals surface area contributed by atoms with E-state index in [1.54, 1.807) is 6.26 Å². The third kappa shape index (κ3) is 4.21. The molecule has 1 fully saturated rings. The van der Waals surface area contributed by atoms with Crippen molar-refractivity contribution in [3.8, 4) is 0 Å². The summed E-state index contributed by atoms with van der Waals surface area (Å²) in [4.78, 5) is 2.49. The standard InChI is InChI=1S/C11H24N2OS/c1-9(2)11-7-12-10(3)8-13(11)5-6-15(4)14/h9-12H,5-8H2,1-4H3. The molecule has 0 aromatic carbocycles. The van der Waals surface area contributed by atoms with E-state index in [1.807, 2.05) is 0 Å². The minimum atomic E-state index is -0.669. The molecule has 0 bridgehead atoms. The zero-order valence-corrected chi connectivity index (χ0v) is 11.1. The van der Waals surface area contributed by atoms with Crippen LogP contribution in [0.4, 0.5) is 0 Å². The maximum Gasteiger partial charge on any atom is 0.0359 e. The summed E-state index contributed by atoms with van der Waals surface area (Å²) in [6.45, 7) is 9.86. The molecule has 1 rings (SSSR count). The molecule has 0 amide bonds. The summed E-state index contributed by atoms with van der Waals surface area (Å²) in [7, 11) is -0.669. The van der Waals surface area contributed by atoms with Crippen molar-refractivity contribution in [2.24, 2.45) is 5.92 Å². The molecule has 0 spiro atoms. The zero-order chi connectivity index (χ0) is 11.4. The van der Waals surface area contributed by atoms with Crippen LogP contribution in [0.5, 0.6) is 0 Å². The average Bonchev–Trinajstić information content (AvgIpc) is 2.14. The van der Waals surface area contributed by atoms with Gasteiger partial charge in [-0.3, -0.25) is 9.11 Å². The van der Waals surface area contributed by atoms with Gasteiger partial charge in [0, 0.05) is 54.5 Å². The van der Waals surface area contributed by atoms with Gasteiger partial charge in [-0.15, -0.1) is 0 Å². The summed E-state index contributed by atoms with van der Waals surface area (Å²) in [6, 6.07) is 1.16. The predicted molar refractivity (Wildman–Crippen MR) is 66.6 cm³/mol. The molecule has 1 N–H and O–H groups in total. The van der Waals surface area contributed by atoms with Crippen molar-refractivity contribution in [3.63, 3.8) is 0 Å². The minimum absolute atomic E-state index is 0.560. The molecule has 0 aromatic heterocycles. The number of nitrogens with one attached hydrogen (secondary N) is 1. The molecule has 3 unspecified atom stereocenters. The van der Waals surface area contributed by atoms with Gasteiger partial charge in [0.2, 0.25) is 0 Å². The van der Waals surface area contributed by atoms with Crippen LogP contribution in [0, 0.1) is 5.92 Å². The minimum Gasteiger partial charge on any atom is -0.311 e. The lowest BCUT2D eigenvalue weighted by Gasteiger charge is -2.41. The second-order valence-corrected chi connectivity index (χ2v) is 6.45. The Kier molecular flexibility index (Phi) is 5.23. The van der Waals surface area contributed by atoms with Crippen LogP contribution in [-0.2, 0) is 10.8 Å². The van der Waals surface area contributed by atoms with Gasteiger partial charge < -0.3 is 5.32 Å². The van der Waals surface area contributed by atoms with Gasteiger partial charge in [0.05, 0.1) is 0 Å². The van der Waals surface area contributed by atoms with E-state index in [4.69, 9.17) is 0 Å². The first-order valence-electron chi connectivity index (χ1n) is 5.78. The van der Waals surface area contributed by atoms with Crippen molar-refractivity contribution < 1.29 is 4.21 Å². The van der Waals surface area contributed by atoms with Gasteiger partial charge in [-0.2, -0.15) is 0 Å². The Morgan fingerprint density at radius 1 is 1.53 bits per heavy atom. The van der Waals surface area contributed by atoms with Crippen molar-refractivity contribution in [1.82, 2.24) is 10.2 Å². The van der Waals surface area contributed by atoms with Crippen molar-refractivity contribution in [1.29, 1.82) is 0 Å². The van der Waals surface area contributed by atoms with Crippen LogP contribution >= 0.6 is 0 Å². The maximum absolute atomic E-state index is 11.1. The van der Waals surface area contributed by atoms with Crippen molar-refractivity contribution in [2.75, 3.05) is 31.6 Å². The Hall–Kier alpha value is 0.0700. The highest BCUT2D eigenvalue weighted by Crippen LogP contribution is 2.14. The third-order valence-electron chi connectivity index (χ3n) is 3.09. The molecule has 90 valence electrons. The lowest BCUT2D eigenvalue weighted by Crippen LogP contribution is -2.57. The Morgan fingerprint density at radius 3 is 2.73 bits per heavy atom. The molecule has 0 radical (unpaired) electrons. The number of piperazine rings is 1. The zero-order valence-electron chi connectivity index (χ0n) is 10.3. The molecule has 15 heavy (non-hydrogen) atoms. The van der Waals surface area contributed by atoms with Crippen LogP contribution < -0.4 is 5.32 Å². The van der Waals surface area contributed by atoms with Gasteiger partial charge in [0.1, 0.15) is 0 Å². The Balaban J connectivity index is 2.50. The largest absolute Gasteiger partial charge is 0.311 e. The van der Waals surface area contributed by atoms with Gasteiger partial charge in [0.25, 0.3) is 0 Å². The van der Waals surface area contributed by atoms with Gasteiger partial charge in [-0.05, 0) is 12.8 Å². The molecule has 1 aliphatic heterocycles. The van der Waals surface area contributed by atoms with Gasteiger partial charge in [0.15, 0.2) is 0 Å². The van der Waals surface area contributed by atoms with Gasteiger partial charge in [-0.25, -0.2) is 0 Å². The molecular formula is C11H24N2OS. The first-order chi connectivity index (χ1) is 7.00. The van der Waals surface area contributed by atoms with Crippen molar-refractivity contribution >= 4 is 10.8 Å². The SMILES string of the molecule is CC1CN(CCS(C)=O)C(C(C)C)CN1. The van der Waals surface area contributed by atoms with E-state index in [2.05, 4.69) is 31.0 Å². The lowest BCUT2D eigenvalue weighted by molar-refractivity contribution is 0.110. The highest BCUT2D eigenvalue weighted by molar-refractivity contribution is 7.84. The highest BCUT2D eigenvalue weighted by Gasteiger charge is 2.27. The third-order valence-corrected chi connectivity index (χ3v) is 3.85. The van der Waals surface area contributed by atoms with Crippen molar-refractivity contribution in [2.45, 2.75) is 32.9 Å². The second-order valence-electron chi connectivity index (χ2n) is 4.89. The second kappa shape index (κ2) is 5.97. The molecule has 3 nitrogen and oxygen atoms in total. The van der Waals surface area contributed by atoms with E-state index in [0.29, 0.717) is 18.0 Å². The Labute approximate surface area is 96.1 Å². The van der Waals surface area contributed by atoms with Crippen molar-refractivity contribution in [3.05, 3.63) is 0 Å². The molecule has 0 aliphatic carbocycles. The molecular weight excluding hydrogens is 208 g/mol. The van der Waals surface area contributed by atoms with E-state index in [9.17, 15) is 4.21 Å². The van der Waals surface area contributed by atoms with E-state index in [0.717, 1.165) is 25.4 Å². The summed E-state index contributed by atoms with van der Waals surface area (Å²) in [5.74, 6) is 1.46. The van der Waals surface area contributed by atoms with Crippen LogP contribution in [-0.4, -0.2) is 52.8 Å². The summed E-state index contributed by atoms with van der Waals surface area (Å²) in [6.07, 6.45) is 1.79. The van der Waals surface area contributed by atoms with Crippen LogP contribution in [0.1, 0.15) is 20.8 Å². The molecule has 0 saturated carbocycles. The fraction of sp³-hybridized carbons (Fsp3) is 1.00.